The van der Waals surface area contributed by atoms with Gasteiger partial charge in [0, 0.05) is 13.2 Å². The van der Waals surface area contributed by atoms with Crippen molar-refractivity contribution in [3.63, 3.8) is 0 Å². The second-order valence-electron chi connectivity index (χ2n) is 4.91. The quantitative estimate of drug-likeness (QED) is 0.759. The van der Waals surface area contributed by atoms with E-state index < -0.39 is 0 Å². The van der Waals surface area contributed by atoms with Crippen LogP contribution in [0.15, 0.2) is 23.4 Å². The third kappa shape index (κ3) is 2.39. The minimum absolute atomic E-state index is 0.104. The van der Waals surface area contributed by atoms with Gasteiger partial charge in [-0.3, -0.25) is 9.36 Å². The van der Waals surface area contributed by atoms with Crippen LogP contribution in [0.4, 0.5) is 5.69 Å². The molecule has 3 rings (SSSR count). The van der Waals surface area contributed by atoms with Crippen molar-refractivity contribution in [2.75, 3.05) is 18.1 Å². The van der Waals surface area contributed by atoms with Crippen molar-refractivity contribution < 1.29 is 9.53 Å². The highest BCUT2D eigenvalue weighted by Gasteiger charge is 2.25. The molecule has 1 aliphatic rings. The van der Waals surface area contributed by atoms with Crippen molar-refractivity contribution in [3.8, 4) is 5.88 Å². The van der Waals surface area contributed by atoms with Crippen LogP contribution < -0.4 is 15.3 Å². The van der Waals surface area contributed by atoms with E-state index in [0.29, 0.717) is 24.7 Å². The summed E-state index contributed by atoms with van der Waals surface area (Å²) in [6.45, 7) is 2.60. The second-order valence-corrected chi connectivity index (χ2v) is 4.91. The molecule has 0 spiro atoms. The summed E-state index contributed by atoms with van der Waals surface area (Å²) in [5, 5.41) is 3.90. The number of ether oxygens (including phenoxy) is 1. The lowest BCUT2D eigenvalue weighted by molar-refractivity contribution is -0.119. The Bertz CT molecular complexity index is 749. The van der Waals surface area contributed by atoms with Gasteiger partial charge in [0.05, 0.1) is 6.54 Å². The van der Waals surface area contributed by atoms with Gasteiger partial charge in [0.15, 0.2) is 0 Å². The Morgan fingerprint density at radius 3 is 3.00 bits per heavy atom. The number of carbonyl (C=O) groups excluding carboxylic acids is 1. The molecule has 2 aromatic rings. The van der Waals surface area contributed by atoms with Crippen molar-refractivity contribution >= 4 is 11.6 Å². The molecule has 0 atom stereocenters. The zero-order valence-electron chi connectivity index (χ0n) is 11.8. The summed E-state index contributed by atoms with van der Waals surface area (Å²) in [5.41, 5.74) is 1.25. The fourth-order valence-electron chi connectivity index (χ4n) is 2.20. The predicted molar refractivity (Wildman–Crippen MR) is 74.3 cm³/mol. The predicted octanol–water partition coefficient (Wildman–Crippen LogP) is -0.289. The third-order valence-corrected chi connectivity index (χ3v) is 3.29. The number of nitrogens with zero attached hydrogens (tertiary/aromatic N) is 5. The maximum Gasteiger partial charge on any atom is 0.345 e. The summed E-state index contributed by atoms with van der Waals surface area (Å²) < 4.78 is 7.91. The number of rotatable bonds is 2. The maximum absolute atomic E-state index is 12.4. The zero-order chi connectivity index (χ0) is 15.0. The number of aryl methyl sites for hydroxylation is 2. The van der Waals surface area contributed by atoms with Gasteiger partial charge >= 0.3 is 5.69 Å². The molecule has 110 valence electrons. The fraction of sp³-hybridized carbons (Fsp3) is 0.385. The van der Waals surface area contributed by atoms with Crippen LogP contribution in [0.5, 0.6) is 5.88 Å². The van der Waals surface area contributed by atoms with E-state index in [4.69, 9.17) is 4.74 Å². The third-order valence-electron chi connectivity index (χ3n) is 3.29. The molecule has 8 heteroatoms. The van der Waals surface area contributed by atoms with Crippen molar-refractivity contribution in [3.05, 3.63) is 34.6 Å². The van der Waals surface area contributed by atoms with Crippen molar-refractivity contribution in [1.29, 1.82) is 0 Å². The van der Waals surface area contributed by atoms with Gasteiger partial charge in [-0.2, -0.15) is 5.10 Å². The van der Waals surface area contributed by atoms with Gasteiger partial charge in [-0.05, 0) is 18.6 Å². The molecule has 0 unspecified atom stereocenters. The Morgan fingerprint density at radius 1 is 1.48 bits per heavy atom. The smallest absolute Gasteiger partial charge is 0.345 e. The summed E-state index contributed by atoms with van der Waals surface area (Å²) in [5.74, 6) is 0.223. The molecule has 1 amide bonds. The van der Waals surface area contributed by atoms with Crippen LogP contribution in [-0.4, -0.2) is 38.4 Å². The largest absolute Gasteiger partial charge is 0.474 e. The first-order valence-corrected chi connectivity index (χ1v) is 6.54. The molecule has 1 aliphatic heterocycles. The van der Waals surface area contributed by atoms with Gasteiger partial charge in [-0.1, -0.05) is 0 Å². The molecular weight excluding hydrogens is 274 g/mol. The standard InChI is InChI=1S/C13H15N5O3/c1-9-5-10-12(14-6-9)21-4-3-17(10)11(19)7-18-13(20)16(2)8-15-18/h5-6,8H,3-4,7H2,1-2H3. The number of hydrogen-bond acceptors (Lipinski definition) is 5. The molecule has 0 saturated carbocycles. The van der Waals surface area contributed by atoms with Crippen LogP contribution in [0, 0.1) is 6.92 Å². The van der Waals surface area contributed by atoms with Crippen LogP contribution >= 0.6 is 0 Å². The summed E-state index contributed by atoms with van der Waals surface area (Å²) in [6, 6.07) is 1.85. The molecule has 0 radical (unpaired) electrons. The SMILES string of the molecule is Cc1cnc2c(c1)N(C(=O)Cn1ncn(C)c1=O)CCO2. The lowest BCUT2D eigenvalue weighted by Gasteiger charge is -2.28. The topological polar surface area (TPSA) is 82.3 Å². The summed E-state index contributed by atoms with van der Waals surface area (Å²) in [4.78, 5) is 29.9. The number of amides is 1. The number of aromatic nitrogens is 4. The van der Waals surface area contributed by atoms with Gasteiger partial charge in [0.1, 0.15) is 25.2 Å². The summed E-state index contributed by atoms with van der Waals surface area (Å²) in [6.07, 6.45) is 3.07. The minimum Gasteiger partial charge on any atom is -0.474 e. The first kappa shape index (κ1) is 13.3. The van der Waals surface area contributed by atoms with Crippen molar-refractivity contribution in [2.45, 2.75) is 13.5 Å². The second kappa shape index (κ2) is 5.04. The van der Waals surface area contributed by atoms with E-state index in [9.17, 15) is 9.59 Å². The molecule has 0 saturated heterocycles. The summed E-state index contributed by atoms with van der Waals surface area (Å²) in [7, 11) is 1.59. The number of fused-ring (bicyclic) bond motifs is 1. The fourth-order valence-corrected chi connectivity index (χ4v) is 2.20. The van der Waals surface area contributed by atoms with Gasteiger partial charge in [-0.25, -0.2) is 14.5 Å². The highest BCUT2D eigenvalue weighted by Crippen LogP contribution is 2.29. The molecule has 2 aromatic heterocycles. The van der Waals surface area contributed by atoms with Crippen LogP contribution in [0.2, 0.25) is 0 Å². The minimum atomic E-state index is -0.320. The van der Waals surface area contributed by atoms with Gasteiger partial charge in [-0.15, -0.1) is 0 Å². The number of anilines is 1. The van der Waals surface area contributed by atoms with Gasteiger partial charge in [0.25, 0.3) is 0 Å². The van der Waals surface area contributed by atoms with Crippen molar-refractivity contribution in [2.24, 2.45) is 7.05 Å². The van der Waals surface area contributed by atoms with Gasteiger partial charge in [0.2, 0.25) is 11.8 Å². The molecule has 0 bridgehead atoms. The Balaban J connectivity index is 1.88. The highest BCUT2D eigenvalue weighted by atomic mass is 16.5. The molecule has 0 aromatic carbocycles. The average Bonchev–Trinajstić information content (AvgIpc) is 2.78. The summed E-state index contributed by atoms with van der Waals surface area (Å²) >= 11 is 0. The van der Waals surface area contributed by atoms with Gasteiger partial charge < -0.3 is 9.64 Å². The van der Waals surface area contributed by atoms with Crippen LogP contribution in [0.1, 0.15) is 5.56 Å². The number of pyridine rings is 1. The van der Waals surface area contributed by atoms with Crippen molar-refractivity contribution in [1.82, 2.24) is 19.3 Å². The molecule has 3 heterocycles. The molecule has 0 aliphatic carbocycles. The van der Waals surface area contributed by atoms with E-state index >= 15 is 0 Å². The first-order chi connectivity index (χ1) is 10.1. The first-order valence-electron chi connectivity index (χ1n) is 6.54. The molecular formula is C13H15N5O3. The lowest BCUT2D eigenvalue weighted by Crippen LogP contribution is -2.41. The Morgan fingerprint density at radius 2 is 2.29 bits per heavy atom. The normalized spacial score (nSPS) is 13.7. The maximum atomic E-state index is 12.4. The Kier molecular flexibility index (Phi) is 3.20. The van der Waals surface area contributed by atoms with Crippen LogP contribution in [-0.2, 0) is 18.4 Å². The monoisotopic (exact) mass is 289 g/mol. The lowest BCUT2D eigenvalue weighted by atomic mass is 10.2. The number of hydrogen-bond donors (Lipinski definition) is 0. The number of carbonyl (C=O) groups is 1. The Labute approximate surface area is 120 Å². The molecule has 0 fully saturated rings. The van der Waals surface area contributed by atoms with E-state index in [-0.39, 0.29) is 18.1 Å². The molecule has 0 N–H and O–H groups in total. The molecule has 8 nitrogen and oxygen atoms in total. The molecule has 21 heavy (non-hydrogen) atoms. The van der Waals surface area contributed by atoms with Crippen LogP contribution in [0.3, 0.4) is 0 Å². The van der Waals surface area contributed by atoms with Crippen LogP contribution in [0.25, 0.3) is 0 Å². The van der Waals surface area contributed by atoms with E-state index in [1.165, 1.54) is 10.9 Å². The van der Waals surface area contributed by atoms with E-state index in [2.05, 4.69) is 10.1 Å². The zero-order valence-corrected chi connectivity index (χ0v) is 11.8. The van der Waals surface area contributed by atoms with E-state index in [1.807, 2.05) is 13.0 Å². The highest BCUT2D eigenvalue weighted by molar-refractivity contribution is 5.94. The van der Waals surface area contributed by atoms with E-state index in [1.54, 1.807) is 18.1 Å². The average molecular weight is 289 g/mol. The van der Waals surface area contributed by atoms with E-state index in [0.717, 1.165) is 10.2 Å². The Hall–Kier alpha value is -2.64.